The molecule has 0 saturated carbocycles. The van der Waals surface area contributed by atoms with Crippen LogP contribution in [0.5, 0.6) is 0 Å². The van der Waals surface area contributed by atoms with Gasteiger partial charge in [-0.15, -0.1) is 24.0 Å². The first-order valence-corrected chi connectivity index (χ1v) is 7.60. The molecule has 1 N–H and O–H groups in total. The van der Waals surface area contributed by atoms with E-state index in [1.165, 1.54) is 0 Å². The highest BCUT2D eigenvalue weighted by Crippen LogP contribution is 2.14. The Morgan fingerprint density at radius 2 is 1.92 bits per heavy atom. The molecule has 0 radical (unpaired) electrons. The van der Waals surface area contributed by atoms with Gasteiger partial charge in [-0.1, -0.05) is 30.3 Å². The summed E-state index contributed by atoms with van der Waals surface area (Å²) in [4.78, 5) is 6.40. The van der Waals surface area contributed by atoms with E-state index >= 15 is 0 Å². The standard InChI is InChI=1S/C16H24F3N3O.HI/c1-3-20-15(21-10-7-11-23-13-16(17,18)19)22(2)12-14-8-5-4-6-9-14;/h4-6,8-9H,3,7,10-13H2,1-2H3,(H,20,21);1H. The molecular weight excluding hydrogens is 434 g/mol. The Hall–Kier alpha value is -1.03. The number of hydrogen-bond donors (Lipinski definition) is 1. The van der Waals surface area contributed by atoms with Crippen molar-refractivity contribution in [2.45, 2.75) is 26.1 Å². The predicted octanol–water partition coefficient (Wildman–Crippen LogP) is 3.67. The first kappa shape index (κ1) is 23.0. The van der Waals surface area contributed by atoms with E-state index in [1.807, 2.05) is 49.2 Å². The van der Waals surface area contributed by atoms with Crippen molar-refractivity contribution >= 4 is 29.9 Å². The summed E-state index contributed by atoms with van der Waals surface area (Å²) in [6.45, 7) is 2.66. The molecular formula is C16H25F3IN3O. The van der Waals surface area contributed by atoms with Gasteiger partial charge in [0.05, 0.1) is 0 Å². The Balaban J connectivity index is 0.00000529. The van der Waals surface area contributed by atoms with Crippen molar-refractivity contribution in [1.29, 1.82) is 0 Å². The lowest BCUT2D eigenvalue weighted by molar-refractivity contribution is -0.173. The number of halogens is 4. The van der Waals surface area contributed by atoms with Crippen molar-refractivity contribution in [3.8, 4) is 0 Å². The molecule has 8 heteroatoms. The Labute approximate surface area is 158 Å². The molecule has 0 unspecified atom stereocenters. The van der Waals surface area contributed by atoms with Crippen LogP contribution in [-0.4, -0.2) is 50.4 Å². The summed E-state index contributed by atoms with van der Waals surface area (Å²) in [6.07, 6.45) is -3.82. The van der Waals surface area contributed by atoms with E-state index in [0.717, 1.165) is 18.1 Å². The Morgan fingerprint density at radius 3 is 2.50 bits per heavy atom. The lowest BCUT2D eigenvalue weighted by Crippen LogP contribution is -2.38. The van der Waals surface area contributed by atoms with E-state index in [1.54, 1.807) is 0 Å². The zero-order valence-corrected chi connectivity index (χ0v) is 16.3. The van der Waals surface area contributed by atoms with Crippen LogP contribution < -0.4 is 5.32 Å². The van der Waals surface area contributed by atoms with Gasteiger partial charge in [0.25, 0.3) is 0 Å². The fourth-order valence-electron chi connectivity index (χ4n) is 1.94. The van der Waals surface area contributed by atoms with Gasteiger partial charge in [0.2, 0.25) is 0 Å². The summed E-state index contributed by atoms with van der Waals surface area (Å²) < 4.78 is 40.4. The molecule has 1 aromatic rings. The van der Waals surface area contributed by atoms with E-state index in [9.17, 15) is 13.2 Å². The van der Waals surface area contributed by atoms with Gasteiger partial charge in [0, 0.05) is 33.3 Å². The predicted molar refractivity (Wildman–Crippen MR) is 101 cm³/mol. The van der Waals surface area contributed by atoms with Crippen molar-refractivity contribution in [3.63, 3.8) is 0 Å². The molecule has 0 aliphatic rings. The van der Waals surface area contributed by atoms with Crippen LogP contribution in [0.15, 0.2) is 35.3 Å². The smallest absolute Gasteiger partial charge is 0.372 e. The number of benzene rings is 1. The number of rotatable bonds is 8. The summed E-state index contributed by atoms with van der Waals surface area (Å²) in [6, 6.07) is 9.98. The fourth-order valence-corrected chi connectivity index (χ4v) is 1.94. The number of alkyl halides is 3. The molecule has 0 saturated heterocycles. The molecule has 0 aliphatic heterocycles. The first-order chi connectivity index (χ1) is 10.9. The second kappa shape index (κ2) is 12.3. The van der Waals surface area contributed by atoms with Gasteiger partial charge in [-0.3, -0.25) is 4.99 Å². The number of ether oxygens (including phenoxy) is 1. The summed E-state index contributed by atoms with van der Waals surface area (Å²) in [5.74, 6) is 0.729. The van der Waals surface area contributed by atoms with Crippen molar-refractivity contribution < 1.29 is 17.9 Å². The number of nitrogens with zero attached hydrogens (tertiary/aromatic N) is 2. The van der Waals surface area contributed by atoms with E-state index in [4.69, 9.17) is 0 Å². The molecule has 4 nitrogen and oxygen atoms in total. The average Bonchev–Trinajstić information content (AvgIpc) is 2.49. The molecule has 0 bridgehead atoms. The van der Waals surface area contributed by atoms with Crippen molar-refractivity contribution in [1.82, 2.24) is 10.2 Å². The number of aliphatic imine (C=N–C) groups is 1. The maximum absolute atomic E-state index is 11.9. The summed E-state index contributed by atoms with van der Waals surface area (Å²) in [7, 11) is 1.93. The molecule has 1 rings (SSSR count). The maximum Gasteiger partial charge on any atom is 0.411 e. The van der Waals surface area contributed by atoms with E-state index in [2.05, 4.69) is 15.0 Å². The third-order valence-corrected chi connectivity index (χ3v) is 2.93. The molecule has 24 heavy (non-hydrogen) atoms. The molecule has 1 aromatic carbocycles. The zero-order chi connectivity index (χ0) is 17.1. The van der Waals surface area contributed by atoms with Crippen LogP contribution in [-0.2, 0) is 11.3 Å². The van der Waals surface area contributed by atoms with Gasteiger partial charge >= 0.3 is 6.18 Å². The number of guanidine groups is 1. The molecule has 0 fully saturated rings. The van der Waals surface area contributed by atoms with Gasteiger partial charge < -0.3 is 15.0 Å². The van der Waals surface area contributed by atoms with Gasteiger partial charge in [0.1, 0.15) is 6.61 Å². The SMILES string of the molecule is CCNC(=NCCCOCC(F)(F)F)N(C)Cc1ccccc1.I. The maximum atomic E-state index is 11.9. The van der Waals surface area contributed by atoms with Gasteiger partial charge in [-0.25, -0.2) is 0 Å². The minimum absolute atomic E-state index is 0. The van der Waals surface area contributed by atoms with Gasteiger partial charge in [-0.2, -0.15) is 13.2 Å². The Kier molecular flexibility index (Phi) is 11.8. The third kappa shape index (κ3) is 10.7. The molecule has 0 spiro atoms. The minimum atomic E-state index is -4.27. The highest BCUT2D eigenvalue weighted by atomic mass is 127. The average molecular weight is 459 g/mol. The van der Waals surface area contributed by atoms with Crippen LogP contribution in [0.2, 0.25) is 0 Å². The Morgan fingerprint density at radius 1 is 1.25 bits per heavy atom. The van der Waals surface area contributed by atoms with E-state index in [-0.39, 0.29) is 30.6 Å². The largest absolute Gasteiger partial charge is 0.411 e. The van der Waals surface area contributed by atoms with Gasteiger partial charge in [-0.05, 0) is 18.9 Å². The van der Waals surface area contributed by atoms with Crippen LogP contribution in [0.1, 0.15) is 18.9 Å². The van der Waals surface area contributed by atoms with Crippen LogP contribution in [0.4, 0.5) is 13.2 Å². The van der Waals surface area contributed by atoms with E-state index < -0.39 is 12.8 Å². The van der Waals surface area contributed by atoms with Crippen molar-refractivity contribution in [2.24, 2.45) is 4.99 Å². The molecule has 0 aromatic heterocycles. The van der Waals surface area contributed by atoms with Crippen LogP contribution in [0.3, 0.4) is 0 Å². The highest BCUT2D eigenvalue weighted by molar-refractivity contribution is 14.0. The van der Waals surface area contributed by atoms with Crippen LogP contribution in [0.25, 0.3) is 0 Å². The second-order valence-corrected chi connectivity index (χ2v) is 5.10. The highest BCUT2D eigenvalue weighted by Gasteiger charge is 2.27. The summed E-state index contributed by atoms with van der Waals surface area (Å²) >= 11 is 0. The van der Waals surface area contributed by atoms with Gasteiger partial charge in [0.15, 0.2) is 5.96 Å². The van der Waals surface area contributed by atoms with Crippen LogP contribution in [0, 0.1) is 0 Å². The zero-order valence-electron chi connectivity index (χ0n) is 14.0. The van der Waals surface area contributed by atoms with E-state index in [0.29, 0.717) is 19.5 Å². The second-order valence-electron chi connectivity index (χ2n) is 5.10. The Bertz CT molecular complexity index is 469. The third-order valence-electron chi connectivity index (χ3n) is 2.93. The summed E-state index contributed by atoms with van der Waals surface area (Å²) in [5, 5.41) is 3.17. The molecule has 138 valence electrons. The summed E-state index contributed by atoms with van der Waals surface area (Å²) in [5.41, 5.74) is 1.16. The lowest BCUT2D eigenvalue weighted by atomic mass is 10.2. The molecule has 0 atom stereocenters. The number of hydrogen-bond acceptors (Lipinski definition) is 2. The number of nitrogens with one attached hydrogen (secondary N) is 1. The first-order valence-electron chi connectivity index (χ1n) is 7.60. The topological polar surface area (TPSA) is 36.9 Å². The van der Waals surface area contributed by atoms with Crippen molar-refractivity contribution in [3.05, 3.63) is 35.9 Å². The fraction of sp³-hybridized carbons (Fsp3) is 0.562. The minimum Gasteiger partial charge on any atom is -0.372 e. The molecule has 0 aliphatic carbocycles. The molecule has 0 amide bonds. The normalized spacial score (nSPS) is 11.8. The monoisotopic (exact) mass is 459 g/mol. The lowest BCUT2D eigenvalue weighted by Gasteiger charge is -2.22. The van der Waals surface area contributed by atoms with Crippen LogP contribution >= 0.6 is 24.0 Å². The molecule has 0 heterocycles. The van der Waals surface area contributed by atoms with Crippen molar-refractivity contribution in [2.75, 3.05) is 33.4 Å². The quantitative estimate of drug-likeness (QED) is 0.279.